The van der Waals surface area contributed by atoms with E-state index in [0.717, 1.165) is 41.0 Å². The summed E-state index contributed by atoms with van der Waals surface area (Å²) in [5, 5.41) is 17.7. The number of anilines is 2. The number of hydrogen-bond donors (Lipinski definition) is 3. The van der Waals surface area contributed by atoms with Crippen molar-refractivity contribution in [3.8, 4) is 11.3 Å². The normalized spacial score (nSPS) is 15.7. The minimum atomic E-state index is -0.361. The van der Waals surface area contributed by atoms with Crippen molar-refractivity contribution in [1.82, 2.24) is 40.5 Å². The van der Waals surface area contributed by atoms with Crippen molar-refractivity contribution >= 4 is 17.5 Å². The Morgan fingerprint density at radius 2 is 2.08 bits per heavy atom. The Kier molecular flexibility index (Phi) is 6.23. The third-order valence-corrected chi connectivity index (χ3v) is 5.93. The minimum Gasteiger partial charge on any atom is -0.341 e. The predicted molar refractivity (Wildman–Crippen MR) is 134 cm³/mol. The molecule has 0 unspecified atom stereocenters. The molecular formula is C25H29N9O2. The van der Waals surface area contributed by atoms with E-state index in [1.807, 2.05) is 46.1 Å². The number of carbonyl (C=O) groups excluding carboxylic acids is 1. The number of rotatable bonds is 5. The maximum Gasteiger partial charge on any atom is 0.293 e. The lowest BCUT2D eigenvalue weighted by molar-refractivity contribution is 0.0923. The first-order chi connectivity index (χ1) is 17.3. The van der Waals surface area contributed by atoms with Gasteiger partial charge in [-0.1, -0.05) is 38.1 Å². The van der Waals surface area contributed by atoms with Gasteiger partial charge < -0.3 is 20.5 Å². The van der Waals surface area contributed by atoms with Crippen LogP contribution in [-0.4, -0.2) is 48.9 Å². The van der Waals surface area contributed by atoms with Crippen LogP contribution in [0, 0.1) is 0 Å². The molecule has 11 heteroatoms. The molecule has 0 saturated carbocycles. The fourth-order valence-electron chi connectivity index (χ4n) is 4.07. The number of amides is 1. The molecule has 11 nitrogen and oxygen atoms in total. The molecule has 0 radical (unpaired) electrons. The Morgan fingerprint density at radius 3 is 2.83 bits per heavy atom. The Morgan fingerprint density at radius 1 is 1.22 bits per heavy atom. The highest BCUT2D eigenvalue weighted by atomic mass is 16.5. The fraction of sp³-hybridized carbons (Fsp3) is 0.360. The zero-order chi connectivity index (χ0) is 25.3. The molecule has 4 heterocycles. The van der Waals surface area contributed by atoms with Crippen LogP contribution in [0.5, 0.6) is 0 Å². The summed E-state index contributed by atoms with van der Waals surface area (Å²) in [5.74, 6) is 0.604. The molecule has 0 aliphatic carbocycles. The van der Waals surface area contributed by atoms with Gasteiger partial charge in [-0.15, -0.1) is 0 Å². The molecule has 1 aliphatic heterocycles. The molecular weight excluding hydrogens is 458 g/mol. The van der Waals surface area contributed by atoms with Gasteiger partial charge in [0.25, 0.3) is 11.7 Å². The maximum absolute atomic E-state index is 12.9. The molecule has 1 aromatic carbocycles. The van der Waals surface area contributed by atoms with Gasteiger partial charge >= 0.3 is 0 Å². The summed E-state index contributed by atoms with van der Waals surface area (Å²) in [7, 11) is 1.86. The number of nitrogens with one attached hydrogen (secondary N) is 3. The third-order valence-electron chi connectivity index (χ3n) is 5.93. The van der Waals surface area contributed by atoms with Gasteiger partial charge in [0, 0.05) is 37.0 Å². The van der Waals surface area contributed by atoms with Crippen LogP contribution in [0.4, 0.5) is 11.6 Å². The second-order valence-corrected chi connectivity index (χ2v) is 9.86. The largest absolute Gasteiger partial charge is 0.341 e. The van der Waals surface area contributed by atoms with Crippen LogP contribution in [0.15, 0.2) is 47.4 Å². The highest BCUT2D eigenvalue weighted by Crippen LogP contribution is 2.28. The summed E-state index contributed by atoms with van der Waals surface area (Å²) in [6.07, 6.45) is 6.14. The number of aromatic nitrogens is 6. The monoisotopic (exact) mass is 487 g/mol. The molecule has 1 atom stereocenters. The third kappa shape index (κ3) is 5.10. The van der Waals surface area contributed by atoms with Crippen LogP contribution in [0.2, 0.25) is 0 Å². The van der Waals surface area contributed by atoms with Crippen LogP contribution >= 0.6 is 0 Å². The van der Waals surface area contributed by atoms with E-state index in [0.29, 0.717) is 18.4 Å². The molecule has 0 bridgehead atoms. The van der Waals surface area contributed by atoms with Crippen molar-refractivity contribution < 1.29 is 9.32 Å². The summed E-state index contributed by atoms with van der Waals surface area (Å²) in [5.41, 5.74) is 4.47. The summed E-state index contributed by atoms with van der Waals surface area (Å²) in [6.45, 7) is 7.29. The standard InChI is InChI=1S/C25H29N9O2/c1-25(2,3)23-32-21(33-36-23)22(35)30-20-13-26-9-7-15-11-16(5-6-18(15)20)19-8-10-27-24(31-19)29-17-12-28-34(4)14-17/h5-6,8,10-12,14,20,26H,7,9,13H2,1-4H3,(H,30,35)(H,27,29,31)/t20-/m0/s1. The summed E-state index contributed by atoms with van der Waals surface area (Å²) in [6, 6.07) is 7.85. The van der Waals surface area contributed by atoms with Crippen LogP contribution < -0.4 is 16.0 Å². The van der Waals surface area contributed by atoms with Crippen molar-refractivity contribution in [1.29, 1.82) is 0 Å². The number of benzene rings is 1. The lowest BCUT2D eigenvalue weighted by atomic mass is 9.96. The van der Waals surface area contributed by atoms with Crippen molar-refractivity contribution in [2.24, 2.45) is 7.05 Å². The highest BCUT2D eigenvalue weighted by molar-refractivity contribution is 5.90. The molecule has 3 aromatic heterocycles. The number of hydrogen-bond acceptors (Lipinski definition) is 9. The molecule has 1 aliphatic rings. The number of fused-ring (bicyclic) bond motifs is 1. The van der Waals surface area contributed by atoms with E-state index >= 15 is 0 Å². The zero-order valence-electron chi connectivity index (χ0n) is 20.7. The Bertz CT molecular complexity index is 1390. The average Bonchev–Trinajstić information content (AvgIpc) is 3.46. The van der Waals surface area contributed by atoms with Crippen LogP contribution in [-0.2, 0) is 18.9 Å². The molecule has 4 aromatic rings. The average molecular weight is 488 g/mol. The molecule has 0 saturated heterocycles. The van der Waals surface area contributed by atoms with E-state index < -0.39 is 0 Å². The van der Waals surface area contributed by atoms with E-state index in [2.05, 4.69) is 53.3 Å². The number of aryl methyl sites for hydroxylation is 1. The van der Waals surface area contributed by atoms with Gasteiger partial charge in [0.15, 0.2) is 0 Å². The van der Waals surface area contributed by atoms with Gasteiger partial charge in [-0.2, -0.15) is 10.1 Å². The Labute approximate surface area is 208 Å². The van der Waals surface area contributed by atoms with Gasteiger partial charge in [-0.3, -0.25) is 9.48 Å². The first-order valence-electron chi connectivity index (χ1n) is 11.8. The lowest BCUT2D eigenvalue weighted by Crippen LogP contribution is -2.35. The van der Waals surface area contributed by atoms with Crippen LogP contribution in [0.1, 0.15) is 54.4 Å². The molecule has 186 valence electrons. The highest BCUT2D eigenvalue weighted by Gasteiger charge is 2.27. The second-order valence-electron chi connectivity index (χ2n) is 9.86. The van der Waals surface area contributed by atoms with Gasteiger partial charge in [-0.25, -0.2) is 9.97 Å². The first-order valence-corrected chi connectivity index (χ1v) is 11.8. The topological polar surface area (TPSA) is 136 Å². The molecule has 0 spiro atoms. The molecule has 5 rings (SSSR count). The molecule has 1 amide bonds. The Hall–Kier alpha value is -4.12. The lowest BCUT2D eigenvalue weighted by Gasteiger charge is -2.19. The van der Waals surface area contributed by atoms with E-state index in [1.54, 1.807) is 17.1 Å². The maximum atomic E-state index is 12.9. The minimum absolute atomic E-state index is 0.0389. The molecule has 36 heavy (non-hydrogen) atoms. The fourth-order valence-corrected chi connectivity index (χ4v) is 4.07. The number of nitrogens with zero attached hydrogens (tertiary/aromatic N) is 6. The van der Waals surface area contributed by atoms with Crippen molar-refractivity contribution in [2.75, 3.05) is 18.4 Å². The van der Waals surface area contributed by atoms with E-state index in [9.17, 15) is 4.79 Å². The van der Waals surface area contributed by atoms with E-state index in [4.69, 9.17) is 4.52 Å². The summed E-state index contributed by atoms with van der Waals surface area (Å²) in [4.78, 5) is 26.2. The molecule has 3 N–H and O–H groups in total. The predicted octanol–water partition coefficient (Wildman–Crippen LogP) is 2.92. The van der Waals surface area contributed by atoms with E-state index in [-0.39, 0.29) is 23.2 Å². The van der Waals surface area contributed by atoms with Gasteiger partial charge in [-0.05, 0) is 36.2 Å². The SMILES string of the molecule is Cn1cc(Nc2nccc(-c3ccc4c(c3)CCNC[C@@H]4NC(=O)c3noc(C(C)(C)C)n3)n2)cn1. The van der Waals surface area contributed by atoms with Crippen molar-refractivity contribution in [2.45, 2.75) is 38.6 Å². The summed E-state index contributed by atoms with van der Waals surface area (Å²) >= 11 is 0. The second kappa shape index (κ2) is 9.50. The Balaban J connectivity index is 1.36. The van der Waals surface area contributed by atoms with Crippen molar-refractivity contribution in [3.05, 3.63) is 65.7 Å². The summed E-state index contributed by atoms with van der Waals surface area (Å²) < 4.78 is 7.00. The van der Waals surface area contributed by atoms with E-state index in [1.165, 1.54) is 0 Å². The van der Waals surface area contributed by atoms with Gasteiger partial charge in [0.1, 0.15) is 0 Å². The van der Waals surface area contributed by atoms with Gasteiger partial charge in [0.05, 0.1) is 23.6 Å². The molecule has 0 fully saturated rings. The zero-order valence-corrected chi connectivity index (χ0v) is 20.7. The smallest absolute Gasteiger partial charge is 0.293 e. The first kappa shape index (κ1) is 23.6. The van der Waals surface area contributed by atoms with Crippen molar-refractivity contribution in [3.63, 3.8) is 0 Å². The van der Waals surface area contributed by atoms with Crippen LogP contribution in [0.3, 0.4) is 0 Å². The van der Waals surface area contributed by atoms with Gasteiger partial charge in [0.2, 0.25) is 11.8 Å². The number of carbonyl (C=O) groups is 1. The quantitative estimate of drug-likeness (QED) is 0.388. The van der Waals surface area contributed by atoms with Crippen LogP contribution in [0.25, 0.3) is 11.3 Å².